The van der Waals surface area contributed by atoms with Gasteiger partial charge in [0.05, 0.1) is 18.0 Å². The van der Waals surface area contributed by atoms with Gasteiger partial charge in [0.15, 0.2) is 0 Å². The van der Waals surface area contributed by atoms with Gasteiger partial charge in [0.25, 0.3) is 0 Å². The molecule has 4 heteroatoms. The van der Waals surface area contributed by atoms with Gasteiger partial charge in [-0.15, -0.1) is 0 Å². The van der Waals surface area contributed by atoms with Crippen LogP contribution >= 0.6 is 0 Å². The molecule has 0 amide bonds. The molecular formula is C9H15N3O. The topological polar surface area (TPSA) is 64.1 Å². The summed E-state index contributed by atoms with van der Waals surface area (Å²) in [6.07, 6.45) is 4.13. The number of nitrogens with two attached hydrogens (primary N) is 1. The minimum atomic E-state index is -0.440. The van der Waals surface area contributed by atoms with Crippen LogP contribution in [-0.4, -0.2) is 21.2 Å². The van der Waals surface area contributed by atoms with Crippen LogP contribution in [0.15, 0.2) is 6.20 Å². The first-order chi connectivity index (χ1) is 6.33. The van der Waals surface area contributed by atoms with Gasteiger partial charge in [0, 0.05) is 13.0 Å². The molecule has 1 aliphatic heterocycles. The molecule has 1 aliphatic rings. The van der Waals surface area contributed by atoms with Crippen molar-refractivity contribution in [2.24, 2.45) is 5.73 Å². The third kappa shape index (κ3) is 1.47. The minimum absolute atomic E-state index is 0.440. The predicted octanol–water partition coefficient (Wildman–Crippen LogP) is 0.212. The lowest BCUT2D eigenvalue weighted by Gasteiger charge is -2.10. The molecule has 0 saturated carbocycles. The zero-order valence-corrected chi connectivity index (χ0v) is 7.61. The molecule has 1 aromatic heterocycles. The van der Waals surface area contributed by atoms with E-state index in [4.69, 9.17) is 5.73 Å². The van der Waals surface area contributed by atoms with Crippen LogP contribution in [0.5, 0.6) is 0 Å². The Bertz CT molecular complexity index is 295. The van der Waals surface area contributed by atoms with Crippen molar-refractivity contribution in [1.82, 2.24) is 9.55 Å². The number of fused-ring (bicyclic) bond motifs is 1. The van der Waals surface area contributed by atoms with Crippen LogP contribution in [0.25, 0.3) is 0 Å². The van der Waals surface area contributed by atoms with Crippen LogP contribution in [0.2, 0.25) is 0 Å². The summed E-state index contributed by atoms with van der Waals surface area (Å²) in [5.41, 5.74) is 6.32. The van der Waals surface area contributed by atoms with E-state index in [-0.39, 0.29) is 0 Å². The summed E-state index contributed by atoms with van der Waals surface area (Å²) in [7, 11) is 0. The molecule has 3 N–H and O–H groups in total. The van der Waals surface area contributed by atoms with E-state index >= 15 is 0 Å². The quantitative estimate of drug-likeness (QED) is 0.700. The van der Waals surface area contributed by atoms with Crippen LogP contribution in [0.4, 0.5) is 0 Å². The largest absolute Gasteiger partial charge is 0.387 e. The van der Waals surface area contributed by atoms with Crippen LogP contribution in [0.1, 0.15) is 30.5 Å². The van der Waals surface area contributed by atoms with E-state index < -0.39 is 6.10 Å². The smallest absolute Gasteiger partial charge is 0.108 e. The average molecular weight is 181 g/mol. The number of aliphatic hydroxyl groups excluding tert-OH is 1. The van der Waals surface area contributed by atoms with Gasteiger partial charge in [-0.05, 0) is 19.4 Å². The number of aryl methyl sites for hydroxylation is 1. The van der Waals surface area contributed by atoms with Gasteiger partial charge < -0.3 is 15.4 Å². The first kappa shape index (κ1) is 8.72. The molecule has 2 rings (SSSR count). The molecule has 0 aliphatic carbocycles. The molecule has 13 heavy (non-hydrogen) atoms. The molecule has 72 valence electrons. The zero-order chi connectivity index (χ0) is 9.26. The second-order valence-electron chi connectivity index (χ2n) is 3.45. The van der Waals surface area contributed by atoms with Crippen LogP contribution in [-0.2, 0) is 13.0 Å². The highest BCUT2D eigenvalue weighted by Crippen LogP contribution is 2.22. The number of aliphatic hydroxyl groups is 1. The van der Waals surface area contributed by atoms with Gasteiger partial charge in [-0.2, -0.15) is 0 Å². The van der Waals surface area contributed by atoms with E-state index in [9.17, 15) is 5.11 Å². The van der Waals surface area contributed by atoms with Crippen LogP contribution in [0, 0.1) is 0 Å². The fourth-order valence-corrected chi connectivity index (χ4v) is 1.85. The molecule has 4 nitrogen and oxygen atoms in total. The Morgan fingerprint density at radius 2 is 2.54 bits per heavy atom. The van der Waals surface area contributed by atoms with E-state index in [0.717, 1.165) is 30.9 Å². The highest BCUT2D eigenvalue weighted by molar-refractivity contribution is 5.11. The number of rotatable bonds is 3. The fourth-order valence-electron chi connectivity index (χ4n) is 1.85. The maximum Gasteiger partial charge on any atom is 0.108 e. The van der Waals surface area contributed by atoms with Gasteiger partial charge >= 0.3 is 0 Å². The molecule has 0 spiro atoms. The molecule has 1 unspecified atom stereocenters. The van der Waals surface area contributed by atoms with E-state index in [1.165, 1.54) is 0 Å². The summed E-state index contributed by atoms with van der Waals surface area (Å²) in [4.78, 5) is 4.26. The Morgan fingerprint density at radius 3 is 3.31 bits per heavy atom. The van der Waals surface area contributed by atoms with Crippen molar-refractivity contribution in [3.63, 3.8) is 0 Å². The first-order valence-electron chi connectivity index (χ1n) is 4.75. The maximum atomic E-state index is 9.73. The summed E-state index contributed by atoms with van der Waals surface area (Å²) in [5, 5.41) is 9.73. The predicted molar refractivity (Wildman–Crippen MR) is 49.2 cm³/mol. The Kier molecular flexibility index (Phi) is 2.33. The second-order valence-corrected chi connectivity index (χ2v) is 3.45. The summed E-state index contributed by atoms with van der Waals surface area (Å²) in [6, 6.07) is 0. The van der Waals surface area contributed by atoms with Gasteiger partial charge in [0.2, 0.25) is 0 Å². The minimum Gasteiger partial charge on any atom is -0.387 e. The number of aromatic nitrogens is 2. The number of hydrogen-bond donors (Lipinski definition) is 2. The van der Waals surface area contributed by atoms with E-state index in [1.807, 2.05) is 0 Å². The Balaban J connectivity index is 2.20. The third-order valence-corrected chi connectivity index (χ3v) is 2.53. The number of nitrogens with zero attached hydrogens (tertiary/aromatic N) is 2. The zero-order valence-electron chi connectivity index (χ0n) is 7.61. The molecule has 0 radical (unpaired) electrons. The van der Waals surface area contributed by atoms with E-state index in [0.29, 0.717) is 13.0 Å². The molecule has 1 atom stereocenters. The number of hydrogen-bond acceptors (Lipinski definition) is 3. The maximum absolute atomic E-state index is 9.73. The van der Waals surface area contributed by atoms with Crippen LogP contribution < -0.4 is 5.73 Å². The van der Waals surface area contributed by atoms with Crippen molar-refractivity contribution < 1.29 is 5.11 Å². The molecule has 0 aromatic carbocycles. The van der Waals surface area contributed by atoms with Crippen molar-refractivity contribution in [3.8, 4) is 0 Å². The lowest BCUT2D eigenvalue weighted by molar-refractivity contribution is 0.161. The van der Waals surface area contributed by atoms with Gasteiger partial charge in [-0.25, -0.2) is 4.98 Å². The number of imidazole rings is 1. The van der Waals surface area contributed by atoms with Crippen molar-refractivity contribution in [2.75, 3.05) is 6.54 Å². The lowest BCUT2D eigenvalue weighted by atomic mass is 10.2. The lowest BCUT2D eigenvalue weighted by Crippen LogP contribution is -2.10. The highest BCUT2D eigenvalue weighted by atomic mass is 16.3. The third-order valence-electron chi connectivity index (χ3n) is 2.53. The molecular weight excluding hydrogens is 166 g/mol. The van der Waals surface area contributed by atoms with Crippen molar-refractivity contribution >= 4 is 0 Å². The molecule has 0 fully saturated rings. The Hall–Kier alpha value is -0.870. The molecule has 0 saturated heterocycles. The normalized spacial score (nSPS) is 17.4. The summed E-state index contributed by atoms with van der Waals surface area (Å²) in [5.74, 6) is 1.10. The van der Waals surface area contributed by atoms with E-state index in [1.54, 1.807) is 6.20 Å². The monoisotopic (exact) mass is 181 g/mol. The molecule has 1 aromatic rings. The molecule has 0 bridgehead atoms. The second kappa shape index (κ2) is 3.47. The Morgan fingerprint density at radius 1 is 1.69 bits per heavy atom. The Labute approximate surface area is 77.4 Å². The van der Waals surface area contributed by atoms with Crippen LogP contribution in [0.3, 0.4) is 0 Å². The first-order valence-corrected chi connectivity index (χ1v) is 4.75. The van der Waals surface area contributed by atoms with Crippen molar-refractivity contribution in [2.45, 2.75) is 31.9 Å². The SMILES string of the molecule is NCCC(O)c1cnc2n1CCC2. The fraction of sp³-hybridized carbons (Fsp3) is 0.667. The summed E-state index contributed by atoms with van der Waals surface area (Å²) in [6.45, 7) is 1.51. The standard InChI is InChI=1S/C9H15N3O/c10-4-3-8(13)7-6-11-9-2-1-5-12(7)9/h6,8,13H,1-5,10H2. The summed E-state index contributed by atoms with van der Waals surface area (Å²) >= 11 is 0. The van der Waals surface area contributed by atoms with Gasteiger partial charge in [-0.3, -0.25) is 0 Å². The average Bonchev–Trinajstić information content (AvgIpc) is 2.62. The van der Waals surface area contributed by atoms with Crippen molar-refractivity contribution in [1.29, 1.82) is 0 Å². The van der Waals surface area contributed by atoms with Gasteiger partial charge in [-0.1, -0.05) is 0 Å². The van der Waals surface area contributed by atoms with Gasteiger partial charge in [0.1, 0.15) is 5.82 Å². The summed E-state index contributed by atoms with van der Waals surface area (Å²) < 4.78 is 2.11. The highest BCUT2D eigenvalue weighted by Gasteiger charge is 2.19. The van der Waals surface area contributed by atoms with E-state index in [2.05, 4.69) is 9.55 Å². The van der Waals surface area contributed by atoms with Crippen molar-refractivity contribution in [3.05, 3.63) is 17.7 Å². The molecule has 2 heterocycles.